The molecule has 0 aromatic heterocycles. The monoisotopic (exact) mass is 199 g/mol. The molecule has 14 heavy (non-hydrogen) atoms. The van der Waals surface area contributed by atoms with Crippen molar-refractivity contribution >= 4 is 0 Å². The van der Waals surface area contributed by atoms with Gasteiger partial charge < -0.3 is 10.1 Å². The maximum atomic E-state index is 5.41. The van der Waals surface area contributed by atoms with E-state index in [1.807, 2.05) is 6.08 Å². The van der Waals surface area contributed by atoms with Crippen LogP contribution in [0.1, 0.15) is 39.5 Å². The molecule has 0 saturated carbocycles. The average Bonchev–Trinajstić information content (AvgIpc) is 2.21. The van der Waals surface area contributed by atoms with Gasteiger partial charge in [0.05, 0.1) is 13.2 Å². The van der Waals surface area contributed by atoms with Crippen LogP contribution in [-0.4, -0.2) is 25.8 Å². The van der Waals surface area contributed by atoms with E-state index in [1.165, 1.54) is 19.3 Å². The number of hydrogen-bond acceptors (Lipinski definition) is 2. The lowest BCUT2D eigenvalue weighted by Crippen LogP contribution is -2.31. The quantitative estimate of drug-likeness (QED) is 0.431. The molecule has 2 nitrogen and oxygen atoms in total. The zero-order valence-electron chi connectivity index (χ0n) is 9.72. The molecule has 0 saturated heterocycles. The van der Waals surface area contributed by atoms with Crippen LogP contribution >= 0.6 is 0 Å². The first kappa shape index (κ1) is 13.7. The molecule has 1 unspecified atom stereocenters. The second-order valence-electron chi connectivity index (χ2n) is 3.54. The molecule has 0 fully saturated rings. The smallest absolute Gasteiger partial charge is 0.0591 e. The van der Waals surface area contributed by atoms with Crippen molar-refractivity contribution in [3.8, 4) is 0 Å². The number of nitrogens with one attached hydrogen (secondary N) is 1. The van der Waals surface area contributed by atoms with E-state index in [2.05, 4.69) is 25.7 Å². The third kappa shape index (κ3) is 8.27. The first-order chi connectivity index (χ1) is 6.85. The van der Waals surface area contributed by atoms with Crippen molar-refractivity contribution in [3.63, 3.8) is 0 Å². The fourth-order valence-corrected chi connectivity index (χ4v) is 1.40. The van der Waals surface area contributed by atoms with Crippen LogP contribution < -0.4 is 5.32 Å². The number of rotatable bonds is 10. The molecule has 1 atom stereocenters. The van der Waals surface area contributed by atoms with Crippen LogP contribution in [0.3, 0.4) is 0 Å². The minimum absolute atomic E-state index is 0.669. The van der Waals surface area contributed by atoms with Crippen molar-refractivity contribution in [1.29, 1.82) is 0 Å². The van der Waals surface area contributed by atoms with Gasteiger partial charge >= 0.3 is 0 Å². The van der Waals surface area contributed by atoms with E-state index in [0.29, 0.717) is 6.04 Å². The molecule has 0 aromatic carbocycles. The van der Waals surface area contributed by atoms with Crippen LogP contribution in [0.5, 0.6) is 0 Å². The highest BCUT2D eigenvalue weighted by Crippen LogP contribution is 1.99. The van der Waals surface area contributed by atoms with Crippen molar-refractivity contribution in [3.05, 3.63) is 12.7 Å². The summed E-state index contributed by atoms with van der Waals surface area (Å²) >= 11 is 0. The van der Waals surface area contributed by atoms with Crippen molar-refractivity contribution in [2.24, 2.45) is 0 Å². The Hall–Kier alpha value is -0.340. The third-order valence-corrected chi connectivity index (χ3v) is 2.28. The summed E-state index contributed by atoms with van der Waals surface area (Å²) in [6.45, 7) is 10.7. The van der Waals surface area contributed by atoms with Crippen LogP contribution in [0.25, 0.3) is 0 Å². The summed E-state index contributed by atoms with van der Waals surface area (Å²) in [7, 11) is 0. The molecule has 0 rings (SSSR count). The molecule has 84 valence electrons. The molecule has 0 aliphatic rings. The fraction of sp³-hybridized carbons (Fsp3) is 0.833. The van der Waals surface area contributed by atoms with Crippen molar-refractivity contribution in [2.45, 2.75) is 45.6 Å². The van der Waals surface area contributed by atoms with E-state index >= 15 is 0 Å². The molecule has 0 aromatic rings. The molecule has 0 aliphatic carbocycles. The topological polar surface area (TPSA) is 21.3 Å². The number of ether oxygens (including phenoxy) is 1. The van der Waals surface area contributed by atoms with E-state index in [0.717, 1.165) is 26.2 Å². The minimum Gasteiger partial charge on any atom is -0.380 e. The van der Waals surface area contributed by atoms with Gasteiger partial charge in [0.25, 0.3) is 0 Å². The summed E-state index contributed by atoms with van der Waals surface area (Å²) in [5.74, 6) is 0. The van der Waals surface area contributed by atoms with Gasteiger partial charge in [0.15, 0.2) is 0 Å². The van der Waals surface area contributed by atoms with E-state index in [-0.39, 0.29) is 0 Å². The summed E-state index contributed by atoms with van der Waals surface area (Å²) in [4.78, 5) is 0. The Morgan fingerprint density at radius 3 is 2.71 bits per heavy atom. The summed E-state index contributed by atoms with van der Waals surface area (Å²) in [5, 5.41) is 3.50. The summed E-state index contributed by atoms with van der Waals surface area (Å²) < 4.78 is 5.41. The Bertz CT molecular complexity index is 125. The molecule has 0 aliphatic heterocycles. The lowest BCUT2D eigenvalue weighted by molar-refractivity contribution is 0.137. The summed E-state index contributed by atoms with van der Waals surface area (Å²) in [6.07, 6.45) is 6.57. The molecule has 0 amide bonds. The van der Waals surface area contributed by atoms with E-state index < -0.39 is 0 Å². The zero-order valence-corrected chi connectivity index (χ0v) is 9.72. The first-order valence-corrected chi connectivity index (χ1v) is 5.77. The van der Waals surface area contributed by atoms with Gasteiger partial charge in [0.2, 0.25) is 0 Å². The SMILES string of the molecule is C=CCCOCCNC(CC)CCC. The highest BCUT2D eigenvalue weighted by molar-refractivity contribution is 4.65. The van der Waals surface area contributed by atoms with Gasteiger partial charge in [-0.05, 0) is 19.3 Å². The Morgan fingerprint density at radius 2 is 2.14 bits per heavy atom. The molecular weight excluding hydrogens is 174 g/mol. The lowest BCUT2D eigenvalue weighted by Gasteiger charge is -2.15. The standard InChI is InChI=1S/C12H25NO/c1-4-7-10-14-11-9-13-12(6-3)8-5-2/h4,12-13H,1,5-11H2,2-3H3. The van der Waals surface area contributed by atoms with Crippen LogP contribution in [0.4, 0.5) is 0 Å². The van der Waals surface area contributed by atoms with Gasteiger partial charge in [-0.15, -0.1) is 6.58 Å². The van der Waals surface area contributed by atoms with Crippen molar-refractivity contribution in [1.82, 2.24) is 5.32 Å². The predicted octanol–water partition coefficient (Wildman–Crippen LogP) is 2.75. The second kappa shape index (κ2) is 10.7. The Kier molecular flexibility index (Phi) is 10.5. The van der Waals surface area contributed by atoms with Crippen LogP contribution in [0.2, 0.25) is 0 Å². The van der Waals surface area contributed by atoms with Crippen LogP contribution in [0.15, 0.2) is 12.7 Å². The van der Waals surface area contributed by atoms with Crippen molar-refractivity contribution < 1.29 is 4.74 Å². The molecule has 0 radical (unpaired) electrons. The normalized spacial score (nSPS) is 12.7. The average molecular weight is 199 g/mol. The minimum atomic E-state index is 0.669. The van der Waals surface area contributed by atoms with E-state index in [9.17, 15) is 0 Å². The molecule has 0 heterocycles. The Morgan fingerprint density at radius 1 is 1.36 bits per heavy atom. The van der Waals surface area contributed by atoms with E-state index in [1.54, 1.807) is 0 Å². The summed E-state index contributed by atoms with van der Waals surface area (Å²) in [5.41, 5.74) is 0. The highest BCUT2D eigenvalue weighted by Gasteiger charge is 2.02. The maximum Gasteiger partial charge on any atom is 0.0591 e. The third-order valence-electron chi connectivity index (χ3n) is 2.28. The fourth-order valence-electron chi connectivity index (χ4n) is 1.40. The molecular formula is C12H25NO. The van der Waals surface area contributed by atoms with Crippen molar-refractivity contribution in [2.75, 3.05) is 19.8 Å². The predicted molar refractivity (Wildman–Crippen MR) is 62.6 cm³/mol. The van der Waals surface area contributed by atoms with E-state index in [4.69, 9.17) is 4.74 Å². The highest BCUT2D eigenvalue weighted by atomic mass is 16.5. The summed E-state index contributed by atoms with van der Waals surface area (Å²) in [6, 6.07) is 0.669. The lowest BCUT2D eigenvalue weighted by atomic mass is 10.1. The molecule has 0 spiro atoms. The maximum absolute atomic E-state index is 5.41. The van der Waals surface area contributed by atoms with Gasteiger partial charge in [0, 0.05) is 12.6 Å². The van der Waals surface area contributed by atoms with Gasteiger partial charge in [-0.2, -0.15) is 0 Å². The molecule has 2 heteroatoms. The Labute approximate surface area is 88.7 Å². The van der Waals surface area contributed by atoms with Crippen LogP contribution in [-0.2, 0) is 4.74 Å². The largest absolute Gasteiger partial charge is 0.380 e. The Balaban J connectivity index is 3.19. The van der Waals surface area contributed by atoms with Gasteiger partial charge in [-0.1, -0.05) is 26.3 Å². The molecule has 0 bridgehead atoms. The second-order valence-corrected chi connectivity index (χ2v) is 3.54. The van der Waals surface area contributed by atoms with Gasteiger partial charge in [-0.3, -0.25) is 0 Å². The molecule has 1 N–H and O–H groups in total. The van der Waals surface area contributed by atoms with Gasteiger partial charge in [-0.25, -0.2) is 0 Å². The first-order valence-electron chi connectivity index (χ1n) is 5.77. The zero-order chi connectivity index (χ0) is 10.6. The van der Waals surface area contributed by atoms with Gasteiger partial charge in [0.1, 0.15) is 0 Å². The number of hydrogen-bond donors (Lipinski definition) is 1. The van der Waals surface area contributed by atoms with Crippen LogP contribution in [0, 0.1) is 0 Å².